The zero-order chi connectivity index (χ0) is 22.7. The standard InChI is InChI=1S/C23H21ClN4O4/c24-19-9-8-17(12-18(19)22(31)26-16-6-7-16)25-20(29)14-28-21(30)10-11-27(23(28)32)13-15-4-2-1-3-5-15/h1-5,8-12,16H,6-7,13-14H2,(H,25,29)(H,26,31). The van der Waals surface area contributed by atoms with Crippen LogP contribution in [0.3, 0.4) is 0 Å². The van der Waals surface area contributed by atoms with Gasteiger partial charge in [-0.3, -0.25) is 23.5 Å². The molecule has 0 bridgehead atoms. The number of anilines is 1. The molecule has 9 heteroatoms. The fourth-order valence-electron chi connectivity index (χ4n) is 3.21. The third-order valence-corrected chi connectivity index (χ3v) is 5.37. The third kappa shape index (κ3) is 5.15. The molecule has 0 spiro atoms. The van der Waals surface area contributed by atoms with Crippen LogP contribution in [-0.4, -0.2) is 27.0 Å². The molecule has 1 aromatic heterocycles. The maximum Gasteiger partial charge on any atom is 0.331 e. The molecule has 4 rings (SSSR count). The Bertz CT molecular complexity index is 1280. The number of carbonyl (C=O) groups excluding carboxylic acids is 2. The lowest BCUT2D eigenvalue weighted by Crippen LogP contribution is -2.41. The molecule has 8 nitrogen and oxygen atoms in total. The Morgan fingerprint density at radius 3 is 2.50 bits per heavy atom. The molecule has 0 radical (unpaired) electrons. The normalized spacial score (nSPS) is 12.9. The van der Waals surface area contributed by atoms with E-state index < -0.39 is 23.7 Å². The molecule has 1 aliphatic carbocycles. The summed E-state index contributed by atoms with van der Waals surface area (Å²) in [5.74, 6) is -0.880. The first-order chi connectivity index (χ1) is 15.4. The van der Waals surface area contributed by atoms with Crippen LogP contribution in [0.1, 0.15) is 28.8 Å². The first kappa shape index (κ1) is 21.6. The largest absolute Gasteiger partial charge is 0.349 e. The topological polar surface area (TPSA) is 102 Å². The molecular formula is C23H21ClN4O4. The fourth-order valence-corrected chi connectivity index (χ4v) is 3.42. The molecule has 0 unspecified atom stereocenters. The molecule has 1 heterocycles. The summed E-state index contributed by atoms with van der Waals surface area (Å²) in [6.07, 6.45) is 3.29. The number of nitrogens with zero attached hydrogens (tertiary/aromatic N) is 2. The molecule has 2 N–H and O–H groups in total. The molecule has 32 heavy (non-hydrogen) atoms. The number of hydrogen-bond acceptors (Lipinski definition) is 4. The van der Waals surface area contributed by atoms with E-state index in [1.54, 1.807) is 6.07 Å². The second-order valence-electron chi connectivity index (χ2n) is 7.63. The predicted molar refractivity (Wildman–Crippen MR) is 121 cm³/mol. The van der Waals surface area contributed by atoms with Gasteiger partial charge in [0.15, 0.2) is 0 Å². The molecule has 0 atom stereocenters. The number of amides is 2. The summed E-state index contributed by atoms with van der Waals surface area (Å²) in [7, 11) is 0. The number of aromatic nitrogens is 2. The number of halogens is 1. The minimum atomic E-state index is -0.586. The number of benzene rings is 2. The van der Waals surface area contributed by atoms with Crippen molar-refractivity contribution >= 4 is 29.1 Å². The van der Waals surface area contributed by atoms with Crippen molar-refractivity contribution in [2.75, 3.05) is 5.32 Å². The summed E-state index contributed by atoms with van der Waals surface area (Å²) in [5, 5.41) is 5.73. The Kier molecular flexibility index (Phi) is 6.23. The van der Waals surface area contributed by atoms with Crippen molar-refractivity contribution in [2.45, 2.75) is 32.0 Å². The highest BCUT2D eigenvalue weighted by atomic mass is 35.5. The van der Waals surface area contributed by atoms with E-state index >= 15 is 0 Å². The van der Waals surface area contributed by atoms with Crippen molar-refractivity contribution < 1.29 is 9.59 Å². The molecule has 1 fully saturated rings. The average Bonchev–Trinajstić information content (AvgIpc) is 3.59. The Balaban J connectivity index is 1.49. The Labute approximate surface area is 188 Å². The van der Waals surface area contributed by atoms with Gasteiger partial charge >= 0.3 is 5.69 Å². The van der Waals surface area contributed by atoms with Gasteiger partial charge in [0.05, 0.1) is 17.1 Å². The summed E-state index contributed by atoms with van der Waals surface area (Å²) < 4.78 is 2.24. The molecule has 3 aromatic rings. The van der Waals surface area contributed by atoms with Crippen LogP contribution < -0.4 is 21.9 Å². The summed E-state index contributed by atoms with van der Waals surface area (Å²) in [6.45, 7) is -0.183. The number of hydrogen-bond donors (Lipinski definition) is 2. The van der Waals surface area contributed by atoms with E-state index in [0.717, 1.165) is 23.0 Å². The van der Waals surface area contributed by atoms with E-state index in [0.29, 0.717) is 5.69 Å². The molecule has 2 aromatic carbocycles. The third-order valence-electron chi connectivity index (χ3n) is 5.04. The average molecular weight is 453 g/mol. The van der Waals surface area contributed by atoms with Crippen LogP contribution >= 0.6 is 11.6 Å². The van der Waals surface area contributed by atoms with Gasteiger partial charge in [-0.25, -0.2) is 4.79 Å². The van der Waals surface area contributed by atoms with Crippen LogP contribution in [0.4, 0.5) is 5.69 Å². The van der Waals surface area contributed by atoms with Gasteiger partial charge in [-0.1, -0.05) is 41.9 Å². The van der Waals surface area contributed by atoms with Crippen molar-refractivity contribution in [3.8, 4) is 0 Å². The van der Waals surface area contributed by atoms with Gasteiger partial charge in [-0.15, -0.1) is 0 Å². The second kappa shape index (κ2) is 9.23. The molecule has 2 amide bonds. The van der Waals surface area contributed by atoms with Crippen molar-refractivity contribution in [1.29, 1.82) is 0 Å². The Morgan fingerprint density at radius 1 is 1.03 bits per heavy atom. The van der Waals surface area contributed by atoms with Gasteiger partial charge in [0.2, 0.25) is 5.91 Å². The smallest absolute Gasteiger partial charge is 0.331 e. The van der Waals surface area contributed by atoms with E-state index in [1.165, 1.54) is 29.0 Å². The van der Waals surface area contributed by atoms with E-state index in [1.807, 2.05) is 30.3 Å². The number of rotatable bonds is 7. The SMILES string of the molecule is O=C(Cn1c(=O)ccn(Cc2ccccc2)c1=O)Nc1ccc(Cl)c(C(=O)NC2CC2)c1. The fraction of sp³-hybridized carbons (Fsp3) is 0.217. The summed E-state index contributed by atoms with van der Waals surface area (Å²) >= 11 is 6.12. The van der Waals surface area contributed by atoms with E-state index in [4.69, 9.17) is 11.6 Å². The number of carbonyl (C=O) groups is 2. The van der Waals surface area contributed by atoms with Gasteiger partial charge < -0.3 is 10.6 Å². The van der Waals surface area contributed by atoms with E-state index in [9.17, 15) is 19.2 Å². The van der Waals surface area contributed by atoms with Crippen LogP contribution in [0.25, 0.3) is 0 Å². The highest BCUT2D eigenvalue weighted by Crippen LogP contribution is 2.24. The van der Waals surface area contributed by atoms with Crippen molar-refractivity contribution in [3.05, 3.63) is 97.8 Å². The van der Waals surface area contributed by atoms with Crippen LogP contribution in [0.2, 0.25) is 5.02 Å². The molecule has 0 aliphatic heterocycles. The van der Waals surface area contributed by atoms with Crippen molar-refractivity contribution in [2.24, 2.45) is 0 Å². The Morgan fingerprint density at radius 2 is 1.78 bits per heavy atom. The quantitative estimate of drug-likeness (QED) is 0.574. The zero-order valence-electron chi connectivity index (χ0n) is 17.1. The highest BCUT2D eigenvalue weighted by Gasteiger charge is 2.25. The van der Waals surface area contributed by atoms with Gasteiger partial charge in [0.25, 0.3) is 11.5 Å². The number of nitrogens with one attached hydrogen (secondary N) is 2. The lowest BCUT2D eigenvalue weighted by molar-refractivity contribution is -0.116. The maximum absolute atomic E-state index is 12.8. The first-order valence-corrected chi connectivity index (χ1v) is 10.5. The maximum atomic E-state index is 12.8. The molecule has 1 aliphatic rings. The predicted octanol–water partition coefficient (Wildman–Crippen LogP) is 2.24. The van der Waals surface area contributed by atoms with Gasteiger partial charge in [0.1, 0.15) is 6.54 Å². The zero-order valence-corrected chi connectivity index (χ0v) is 17.8. The van der Waals surface area contributed by atoms with Gasteiger partial charge in [-0.2, -0.15) is 0 Å². The van der Waals surface area contributed by atoms with Gasteiger partial charge in [-0.05, 0) is 36.6 Å². The van der Waals surface area contributed by atoms with Crippen LogP contribution in [0.15, 0.2) is 70.4 Å². The Hall–Kier alpha value is -3.65. The second-order valence-corrected chi connectivity index (χ2v) is 8.03. The highest BCUT2D eigenvalue weighted by molar-refractivity contribution is 6.34. The lowest BCUT2D eigenvalue weighted by atomic mass is 10.2. The monoisotopic (exact) mass is 452 g/mol. The summed E-state index contributed by atoms with van der Waals surface area (Å²) in [4.78, 5) is 49.9. The molecular weight excluding hydrogens is 432 g/mol. The van der Waals surface area contributed by atoms with E-state index in [-0.39, 0.29) is 29.1 Å². The van der Waals surface area contributed by atoms with Crippen molar-refractivity contribution in [1.82, 2.24) is 14.5 Å². The first-order valence-electron chi connectivity index (χ1n) is 10.1. The lowest BCUT2D eigenvalue weighted by Gasteiger charge is -2.12. The molecule has 0 saturated heterocycles. The summed E-state index contributed by atoms with van der Waals surface area (Å²) in [6, 6.07) is 15.3. The van der Waals surface area contributed by atoms with Gasteiger partial charge in [0, 0.05) is 24.0 Å². The van der Waals surface area contributed by atoms with E-state index in [2.05, 4.69) is 10.6 Å². The molecule has 1 saturated carbocycles. The summed E-state index contributed by atoms with van der Waals surface area (Å²) in [5.41, 5.74) is 0.321. The minimum Gasteiger partial charge on any atom is -0.349 e. The van der Waals surface area contributed by atoms with Crippen LogP contribution in [-0.2, 0) is 17.9 Å². The molecule has 164 valence electrons. The minimum absolute atomic E-state index is 0.167. The van der Waals surface area contributed by atoms with Crippen LogP contribution in [0, 0.1) is 0 Å². The van der Waals surface area contributed by atoms with Crippen LogP contribution in [0.5, 0.6) is 0 Å². The van der Waals surface area contributed by atoms with Crippen molar-refractivity contribution in [3.63, 3.8) is 0 Å².